The van der Waals surface area contributed by atoms with Crippen LogP contribution < -0.4 is 10.2 Å². The van der Waals surface area contributed by atoms with Crippen molar-refractivity contribution in [3.8, 4) is 0 Å². The molecule has 0 aliphatic carbocycles. The van der Waals surface area contributed by atoms with E-state index >= 15 is 0 Å². The normalized spacial score (nSPS) is 11.3. The molecule has 0 aliphatic heterocycles. The van der Waals surface area contributed by atoms with Crippen molar-refractivity contribution in [2.75, 3.05) is 25.6 Å². The maximum Gasteiger partial charge on any atom is 0.341 e. The molecular weight excluding hydrogens is 390 g/mol. The number of nitrogens with zero attached hydrogens (tertiary/aromatic N) is 2. The molecule has 0 bridgehead atoms. The van der Waals surface area contributed by atoms with Gasteiger partial charge in [0.25, 0.3) is 11.6 Å². The Labute approximate surface area is 173 Å². The molecule has 9 nitrogen and oxygen atoms in total. The second-order valence-corrected chi connectivity index (χ2v) is 6.85. The highest BCUT2D eigenvalue weighted by molar-refractivity contribution is 5.98. The highest BCUT2D eigenvalue weighted by Crippen LogP contribution is 2.24. The average molecular weight is 413 g/mol. The van der Waals surface area contributed by atoms with E-state index in [1.54, 1.807) is 19.0 Å². The third kappa shape index (κ3) is 6.13. The van der Waals surface area contributed by atoms with E-state index in [-0.39, 0.29) is 17.0 Å². The first-order chi connectivity index (χ1) is 14.2. The fourth-order valence-electron chi connectivity index (χ4n) is 2.78. The number of Topliss-reactive ketones (excluding diaryl/α,β-unsaturated/α-hetero) is 1. The van der Waals surface area contributed by atoms with E-state index in [0.29, 0.717) is 12.1 Å². The Hall–Kier alpha value is -3.75. The summed E-state index contributed by atoms with van der Waals surface area (Å²) in [5, 5.41) is 13.6. The summed E-state index contributed by atoms with van der Waals surface area (Å²) in [7, 11) is 3.34. The van der Waals surface area contributed by atoms with Crippen molar-refractivity contribution in [3.05, 3.63) is 69.8 Å². The molecule has 0 fully saturated rings. The molecule has 1 amide bonds. The fourth-order valence-corrected chi connectivity index (χ4v) is 2.78. The second-order valence-electron chi connectivity index (χ2n) is 6.85. The van der Waals surface area contributed by atoms with Crippen LogP contribution in [0.2, 0.25) is 0 Å². The first kappa shape index (κ1) is 22.5. The van der Waals surface area contributed by atoms with Gasteiger partial charge in [0.05, 0.1) is 22.2 Å². The molecule has 0 heterocycles. The van der Waals surface area contributed by atoms with Gasteiger partial charge in [-0.15, -0.1) is 0 Å². The number of benzene rings is 2. The van der Waals surface area contributed by atoms with E-state index in [1.807, 2.05) is 30.3 Å². The molecule has 158 valence electrons. The molecule has 0 aliphatic rings. The topological polar surface area (TPSA) is 119 Å². The summed E-state index contributed by atoms with van der Waals surface area (Å²) in [6.07, 6.45) is 0.311. The van der Waals surface area contributed by atoms with Crippen LogP contribution in [-0.4, -0.2) is 49.3 Å². The highest BCUT2D eigenvalue weighted by atomic mass is 16.6. The van der Waals surface area contributed by atoms with Crippen molar-refractivity contribution in [2.45, 2.75) is 19.4 Å². The van der Waals surface area contributed by atoms with Gasteiger partial charge in [0.1, 0.15) is 0 Å². The highest BCUT2D eigenvalue weighted by Gasteiger charge is 2.22. The summed E-state index contributed by atoms with van der Waals surface area (Å²) in [4.78, 5) is 48.5. The summed E-state index contributed by atoms with van der Waals surface area (Å²) in [5.41, 5.74) is 0.991. The first-order valence-electron chi connectivity index (χ1n) is 9.15. The zero-order chi connectivity index (χ0) is 22.3. The number of rotatable bonds is 9. The number of carbonyl (C=O) groups is 3. The number of hydrogen-bond acceptors (Lipinski definition) is 7. The Bertz CT molecular complexity index is 943. The lowest BCUT2D eigenvalue weighted by atomic mass is 10.0. The van der Waals surface area contributed by atoms with Crippen LogP contribution in [-0.2, 0) is 20.7 Å². The van der Waals surface area contributed by atoms with E-state index < -0.39 is 29.4 Å². The fraction of sp³-hybridized carbons (Fsp3) is 0.286. The van der Waals surface area contributed by atoms with Gasteiger partial charge >= 0.3 is 5.97 Å². The smallest absolute Gasteiger partial charge is 0.341 e. The molecule has 0 saturated heterocycles. The van der Waals surface area contributed by atoms with Crippen LogP contribution in [0.25, 0.3) is 0 Å². The summed E-state index contributed by atoms with van der Waals surface area (Å²) in [6.45, 7) is 0.749. The van der Waals surface area contributed by atoms with Crippen LogP contribution in [0.3, 0.4) is 0 Å². The van der Waals surface area contributed by atoms with Crippen LogP contribution in [0.5, 0.6) is 0 Å². The van der Waals surface area contributed by atoms with Gasteiger partial charge in [-0.3, -0.25) is 19.7 Å². The Morgan fingerprint density at radius 3 is 2.37 bits per heavy atom. The van der Waals surface area contributed by atoms with E-state index in [1.165, 1.54) is 19.1 Å². The first-order valence-corrected chi connectivity index (χ1v) is 9.15. The number of amides is 1. The minimum Gasteiger partial charge on any atom is -0.452 e. The molecule has 2 aromatic rings. The van der Waals surface area contributed by atoms with Crippen molar-refractivity contribution >= 4 is 29.0 Å². The monoisotopic (exact) mass is 413 g/mol. The maximum atomic E-state index is 12.4. The van der Waals surface area contributed by atoms with Gasteiger partial charge in [0.2, 0.25) is 0 Å². The number of anilines is 1. The predicted octanol–water partition coefficient (Wildman–Crippen LogP) is 2.13. The number of nitro groups is 1. The average Bonchev–Trinajstić information content (AvgIpc) is 2.71. The third-order valence-electron chi connectivity index (χ3n) is 4.34. The minimum atomic E-state index is -0.875. The van der Waals surface area contributed by atoms with Gasteiger partial charge in [-0.2, -0.15) is 0 Å². The largest absolute Gasteiger partial charge is 0.452 e. The van der Waals surface area contributed by atoms with Crippen molar-refractivity contribution in [1.82, 2.24) is 5.32 Å². The molecule has 1 N–H and O–H groups in total. The third-order valence-corrected chi connectivity index (χ3v) is 4.34. The Kier molecular flexibility index (Phi) is 7.62. The van der Waals surface area contributed by atoms with Gasteiger partial charge in [-0.1, -0.05) is 30.3 Å². The molecule has 0 unspecified atom stereocenters. The van der Waals surface area contributed by atoms with Crippen molar-refractivity contribution in [1.29, 1.82) is 0 Å². The second kappa shape index (κ2) is 10.1. The number of nitrogens with one attached hydrogen (secondary N) is 1. The lowest BCUT2D eigenvalue weighted by Gasteiger charge is -2.18. The number of carbonyl (C=O) groups excluding carboxylic acids is 3. The minimum absolute atomic E-state index is 0.0330. The van der Waals surface area contributed by atoms with Crippen LogP contribution in [0.1, 0.15) is 22.8 Å². The molecule has 0 saturated carbocycles. The molecule has 2 rings (SSSR count). The quantitative estimate of drug-likeness (QED) is 0.380. The molecule has 0 spiro atoms. The number of ketones is 1. The van der Waals surface area contributed by atoms with E-state index in [4.69, 9.17) is 4.74 Å². The van der Waals surface area contributed by atoms with Crippen LogP contribution >= 0.6 is 0 Å². The lowest BCUT2D eigenvalue weighted by molar-refractivity contribution is -0.384. The van der Waals surface area contributed by atoms with Gasteiger partial charge in [0.15, 0.2) is 12.4 Å². The van der Waals surface area contributed by atoms with E-state index in [9.17, 15) is 24.5 Å². The molecule has 30 heavy (non-hydrogen) atoms. The summed E-state index contributed by atoms with van der Waals surface area (Å²) >= 11 is 0. The van der Waals surface area contributed by atoms with Crippen molar-refractivity contribution in [3.63, 3.8) is 0 Å². The Balaban J connectivity index is 2.04. The van der Waals surface area contributed by atoms with Crippen molar-refractivity contribution < 1.29 is 24.0 Å². The van der Waals surface area contributed by atoms with Gasteiger partial charge in [-0.25, -0.2) is 4.79 Å². The number of nitro benzene ring substituents is 1. The predicted molar refractivity (Wildman–Crippen MR) is 110 cm³/mol. The number of non-ortho nitro benzene ring substituents is 1. The molecule has 1 atom stereocenters. The van der Waals surface area contributed by atoms with Gasteiger partial charge in [0, 0.05) is 26.2 Å². The molecular formula is C21H23N3O6. The Morgan fingerprint density at radius 2 is 1.80 bits per heavy atom. The number of esters is 1. The lowest BCUT2D eigenvalue weighted by Crippen LogP contribution is -2.43. The van der Waals surface area contributed by atoms with Crippen LogP contribution in [0.4, 0.5) is 11.4 Å². The molecule has 2 aromatic carbocycles. The summed E-state index contributed by atoms with van der Waals surface area (Å²) < 4.78 is 5.03. The Morgan fingerprint density at radius 1 is 1.13 bits per heavy atom. The number of ether oxygens (including phenoxy) is 1. The van der Waals surface area contributed by atoms with Crippen LogP contribution in [0.15, 0.2) is 48.5 Å². The molecule has 9 heteroatoms. The van der Waals surface area contributed by atoms with Gasteiger partial charge in [-0.05, 0) is 25.0 Å². The maximum absolute atomic E-state index is 12.4. The van der Waals surface area contributed by atoms with E-state index in [2.05, 4.69) is 5.32 Å². The van der Waals surface area contributed by atoms with Gasteiger partial charge < -0.3 is 15.0 Å². The van der Waals surface area contributed by atoms with Crippen LogP contribution in [0, 0.1) is 10.1 Å². The standard InChI is InChI=1S/C21H23N3O6/c1-14(25)18(11-15-7-5-4-6-8-15)22-20(26)13-30-21(27)17-12-16(24(28)29)9-10-19(17)23(2)3/h4-10,12,18H,11,13H2,1-3H3,(H,22,26)/t18-/m0/s1. The van der Waals surface area contributed by atoms with E-state index in [0.717, 1.165) is 11.6 Å². The molecule has 0 aromatic heterocycles. The SMILES string of the molecule is CC(=O)[C@H](Cc1ccccc1)NC(=O)COC(=O)c1cc([N+](=O)[O-])ccc1N(C)C. The summed E-state index contributed by atoms with van der Waals surface area (Å²) in [5.74, 6) is -1.75. The summed E-state index contributed by atoms with van der Waals surface area (Å²) in [6, 6.07) is 12.2. The molecule has 0 radical (unpaired) electrons. The number of hydrogen-bond donors (Lipinski definition) is 1. The van der Waals surface area contributed by atoms with Crippen molar-refractivity contribution in [2.24, 2.45) is 0 Å². The zero-order valence-corrected chi connectivity index (χ0v) is 17.0. The zero-order valence-electron chi connectivity index (χ0n) is 17.0.